The number of ether oxygens (including phenoxy) is 1. The summed E-state index contributed by atoms with van der Waals surface area (Å²) in [4.78, 5) is 16.5. The van der Waals surface area contributed by atoms with Crippen molar-refractivity contribution in [2.45, 2.75) is 19.4 Å². The van der Waals surface area contributed by atoms with Gasteiger partial charge in [-0.25, -0.2) is 4.98 Å². The van der Waals surface area contributed by atoms with Crippen molar-refractivity contribution in [2.24, 2.45) is 0 Å². The van der Waals surface area contributed by atoms with Gasteiger partial charge >= 0.3 is 0 Å². The maximum Gasteiger partial charge on any atom is 0.165 e. The molecule has 0 unspecified atom stereocenters. The van der Waals surface area contributed by atoms with Crippen LogP contribution in [0.3, 0.4) is 0 Å². The van der Waals surface area contributed by atoms with Crippen LogP contribution in [0, 0.1) is 0 Å². The van der Waals surface area contributed by atoms with Crippen molar-refractivity contribution in [1.29, 1.82) is 0 Å². The molecule has 3 rings (SSSR count). The SMILES string of the molecule is Nc1ncc(C(=O)CCCO)c2scc(COc3ccc(Br)cc3)c12. The monoisotopic (exact) mass is 420 g/mol. The molecule has 2 aromatic heterocycles. The highest BCUT2D eigenvalue weighted by Gasteiger charge is 2.17. The van der Waals surface area contributed by atoms with Crippen molar-refractivity contribution in [3.05, 3.63) is 51.4 Å². The van der Waals surface area contributed by atoms with Crippen LogP contribution in [0.1, 0.15) is 28.8 Å². The molecule has 0 amide bonds. The van der Waals surface area contributed by atoms with Gasteiger partial charge in [-0.1, -0.05) is 15.9 Å². The van der Waals surface area contributed by atoms with Crippen molar-refractivity contribution in [2.75, 3.05) is 12.3 Å². The number of pyridine rings is 1. The molecule has 25 heavy (non-hydrogen) atoms. The normalized spacial score (nSPS) is 11.0. The van der Waals surface area contributed by atoms with E-state index >= 15 is 0 Å². The van der Waals surface area contributed by atoms with E-state index in [-0.39, 0.29) is 12.4 Å². The second-order valence-corrected chi connectivity index (χ2v) is 7.31. The number of hydrogen-bond acceptors (Lipinski definition) is 6. The number of hydrogen-bond donors (Lipinski definition) is 2. The molecule has 0 saturated carbocycles. The molecule has 0 atom stereocenters. The van der Waals surface area contributed by atoms with Gasteiger partial charge in [-0.2, -0.15) is 0 Å². The van der Waals surface area contributed by atoms with Gasteiger partial charge in [-0.05, 0) is 36.1 Å². The van der Waals surface area contributed by atoms with Crippen molar-refractivity contribution < 1.29 is 14.6 Å². The van der Waals surface area contributed by atoms with Crippen LogP contribution in [0.15, 0.2) is 40.3 Å². The summed E-state index contributed by atoms with van der Waals surface area (Å²) in [6.07, 6.45) is 2.25. The van der Waals surface area contributed by atoms with E-state index in [1.807, 2.05) is 29.6 Å². The lowest BCUT2D eigenvalue weighted by Gasteiger charge is -2.08. The molecule has 3 N–H and O–H groups in total. The summed E-state index contributed by atoms with van der Waals surface area (Å²) >= 11 is 4.85. The van der Waals surface area contributed by atoms with E-state index in [9.17, 15) is 4.79 Å². The number of carbonyl (C=O) groups is 1. The van der Waals surface area contributed by atoms with Crippen molar-refractivity contribution >= 4 is 49.0 Å². The van der Waals surface area contributed by atoms with Crippen LogP contribution in [0.4, 0.5) is 5.82 Å². The standard InChI is InChI=1S/C18H17BrN2O3S/c19-12-3-5-13(6-4-12)24-9-11-10-25-17-14(15(23)2-1-7-22)8-21-18(20)16(11)17/h3-6,8,10,22H,1-2,7,9H2,(H2,20,21). The van der Waals surface area contributed by atoms with Gasteiger partial charge in [0.2, 0.25) is 0 Å². The van der Waals surface area contributed by atoms with Gasteiger partial charge < -0.3 is 15.6 Å². The molecule has 0 aliphatic heterocycles. The second-order valence-electron chi connectivity index (χ2n) is 5.52. The number of ketones is 1. The second kappa shape index (κ2) is 7.95. The molecule has 130 valence electrons. The first-order valence-corrected chi connectivity index (χ1v) is 9.44. The number of rotatable bonds is 7. The number of Topliss-reactive ketones (excluding diaryl/α,β-unsaturated/α-hetero) is 1. The summed E-state index contributed by atoms with van der Waals surface area (Å²) in [5, 5.41) is 11.6. The molecule has 7 heteroatoms. The molecule has 2 heterocycles. The smallest absolute Gasteiger partial charge is 0.165 e. The number of benzene rings is 1. The van der Waals surface area contributed by atoms with Crippen LogP contribution < -0.4 is 10.5 Å². The minimum Gasteiger partial charge on any atom is -0.489 e. The van der Waals surface area contributed by atoms with E-state index in [1.165, 1.54) is 17.5 Å². The largest absolute Gasteiger partial charge is 0.489 e. The first-order chi connectivity index (χ1) is 12.1. The summed E-state index contributed by atoms with van der Waals surface area (Å²) in [6.45, 7) is 0.343. The van der Waals surface area contributed by atoms with Gasteiger partial charge in [0.1, 0.15) is 18.2 Å². The van der Waals surface area contributed by atoms with Crippen LogP contribution in [-0.4, -0.2) is 22.5 Å². The molecule has 5 nitrogen and oxygen atoms in total. The van der Waals surface area contributed by atoms with Gasteiger partial charge in [-0.15, -0.1) is 11.3 Å². The van der Waals surface area contributed by atoms with Crippen LogP contribution in [0.2, 0.25) is 0 Å². The van der Waals surface area contributed by atoms with E-state index < -0.39 is 0 Å². The Labute approximate surface area is 157 Å². The lowest BCUT2D eigenvalue weighted by molar-refractivity contribution is 0.0972. The molecule has 0 radical (unpaired) electrons. The van der Waals surface area contributed by atoms with Gasteiger partial charge in [0, 0.05) is 34.6 Å². The van der Waals surface area contributed by atoms with E-state index in [1.54, 1.807) is 0 Å². The third-order valence-electron chi connectivity index (χ3n) is 3.77. The number of halogens is 1. The molecule has 3 aromatic rings. The Morgan fingerprint density at radius 3 is 2.80 bits per heavy atom. The van der Waals surface area contributed by atoms with Crippen LogP contribution in [-0.2, 0) is 6.61 Å². The van der Waals surface area contributed by atoms with Crippen molar-refractivity contribution in [3.8, 4) is 5.75 Å². The number of anilines is 1. The predicted molar refractivity (Wildman–Crippen MR) is 103 cm³/mol. The zero-order valence-electron chi connectivity index (χ0n) is 13.4. The molecule has 0 saturated heterocycles. The molecule has 1 aromatic carbocycles. The zero-order chi connectivity index (χ0) is 17.8. The number of thiophene rings is 1. The number of carbonyl (C=O) groups excluding carboxylic acids is 1. The number of nitrogen functional groups attached to an aromatic ring is 1. The first kappa shape index (κ1) is 17.8. The first-order valence-electron chi connectivity index (χ1n) is 7.77. The Morgan fingerprint density at radius 2 is 2.08 bits per heavy atom. The maximum atomic E-state index is 12.3. The molecule has 0 fully saturated rings. The number of aliphatic hydroxyl groups excluding tert-OH is 1. The molecular weight excluding hydrogens is 404 g/mol. The highest BCUT2D eigenvalue weighted by Crippen LogP contribution is 2.33. The summed E-state index contributed by atoms with van der Waals surface area (Å²) < 4.78 is 7.63. The molecular formula is C18H17BrN2O3S. The van der Waals surface area contributed by atoms with E-state index in [0.29, 0.717) is 30.8 Å². The molecule has 0 bridgehead atoms. The summed E-state index contributed by atoms with van der Waals surface area (Å²) in [5.74, 6) is 1.11. The number of aliphatic hydroxyl groups is 1. The Hall–Kier alpha value is -1.96. The predicted octanol–water partition coefficient (Wildman–Crippen LogP) is 4.18. The highest BCUT2D eigenvalue weighted by molar-refractivity contribution is 9.10. The third-order valence-corrected chi connectivity index (χ3v) is 5.36. The minimum atomic E-state index is -0.0335. The average molecular weight is 421 g/mol. The van der Waals surface area contributed by atoms with Crippen molar-refractivity contribution in [1.82, 2.24) is 4.98 Å². The third kappa shape index (κ3) is 4.00. The quantitative estimate of drug-likeness (QED) is 0.560. The van der Waals surface area contributed by atoms with Crippen molar-refractivity contribution in [3.63, 3.8) is 0 Å². The fraction of sp³-hybridized carbons (Fsp3) is 0.222. The number of nitrogens with zero attached hydrogens (tertiary/aromatic N) is 1. The summed E-state index contributed by atoms with van der Waals surface area (Å²) in [5.41, 5.74) is 7.50. The minimum absolute atomic E-state index is 0.00595. The van der Waals surface area contributed by atoms with Crippen LogP contribution in [0.5, 0.6) is 5.75 Å². The van der Waals surface area contributed by atoms with Gasteiger partial charge in [0.25, 0.3) is 0 Å². The molecule has 0 aliphatic rings. The fourth-order valence-corrected chi connectivity index (χ4v) is 3.86. The van der Waals surface area contributed by atoms with Crippen LogP contribution in [0.25, 0.3) is 10.1 Å². The van der Waals surface area contributed by atoms with Gasteiger partial charge in [0.15, 0.2) is 5.78 Å². The molecule has 0 spiro atoms. The average Bonchev–Trinajstić information content (AvgIpc) is 3.04. The lowest BCUT2D eigenvalue weighted by Crippen LogP contribution is -2.04. The Kier molecular flexibility index (Phi) is 5.67. The number of fused-ring (bicyclic) bond motifs is 1. The Morgan fingerprint density at radius 1 is 1.32 bits per heavy atom. The molecule has 0 aliphatic carbocycles. The fourth-order valence-electron chi connectivity index (χ4n) is 2.50. The van der Waals surface area contributed by atoms with Gasteiger partial charge in [-0.3, -0.25) is 4.79 Å². The summed E-state index contributed by atoms with van der Waals surface area (Å²) in [6, 6.07) is 7.58. The Balaban J connectivity index is 1.87. The van der Waals surface area contributed by atoms with Crippen LogP contribution >= 0.6 is 27.3 Å². The lowest BCUT2D eigenvalue weighted by atomic mass is 10.1. The zero-order valence-corrected chi connectivity index (χ0v) is 15.8. The maximum absolute atomic E-state index is 12.3. The Bertz CT molecular complexity index is 893. The topological polar surface area (TPSA) is 85.4 Å². The van der Waals surface area contributed by atoms with E-state index in [2.05, 4.69) is 20.9 Å². The van der Waals surface area contributed by atoms with E-state index in [4.69, 9.17) is 15.6 Å². The highest BCUT2D eigenvalue weighted by atomic mass is 79.9. The summed E-state index contributed by atoms with van der Waals surface area (Å²) in [7, 11) is 0. The number of nitrogens with two attached hydrogens (primary N) is 1. The number of aromatic nitrogens is 1. The van der Waals surface area contributed by atoms with E-state index in [0.717, 1.165) is 25.9 Å². The van der Waals surface area contributed by atoms with Gasteiger partial charge in [0.05, 0.1) is 10.3 Å².